The maximum atomic E-state index is 11.7. The fraction of sp³-hybridized carbons (Fsp3) is 0.214. The van der Waals surface area contributed by atoms with Gasteiger partial charge in [0.2, 0.25) is 0 Å². The molecule has 0 aliphatic carbocycles. The van der Waals surface area contributed by atoms with Crippen LogP contribution in [0, 0.1) is 18.3 Å². The molecule has 0 saturated carbocycles. The summed E-state index contributed by atoms with van der Waals surface area (Å²) >= 11 is 0. The highest BCUT2D eigenvalue weighted by Gasteiger charge is 2.16. The van der Waals surface area contributed by atoms with Crippen LogP contribution in [0.4, 0.5) is 5.69 Å². The molecule has 104 valence electrons. The zero-order chi connectivity index (χ0) is 15.0. The second kappa shape index (κ2) is 7.59. The molecule has 1 rings (SSSR count). The number of hydrogen-bond donors (Lipinski definition) is 2. The van der Waals surface area contributed by atoms with E-state index in [4.69, 9.17) is 15.7 Å². The van der Waals surface area contributed by atoms with Gasteiger partial charge in [-0.2, -0.15) is 5.26 Å². The van der Waals surface area contributed by atoms with Gasteiger partial charge in [-0.15, -0.1) is 0 Å². The molecule has 0 atom stereocenters. The number of esters is 1. The lowest BCUT2D eigenvalue weighted by Gasteiger charge is -2.09. The van der Waals surface area contributed by atoms with Crippen LogP contribution in [-0.2, 0) is 9.53 Å². The first-order valence-electron chi connectivity index (χ1n) is 6.01. The number of aryl methyl sites for hydroxylation is 1. The SMILES string of the molecule is CCOC(=O)/C(C#N)=C(\N=C/N)Nc1ccc(C)cc1. The molecule has 0 bridgehead atoms. The number of carbonyl (C=O) groups excluding carboxylic acids is 1. The zero-order valence-corrected chi connectivity index (χ0v) is 11.4. The summed E-state index contributed by atoms with van der Waals surface area (Å²) < 4.78 is 4.81. The molecule has 0 aliphatic heterocycles. The summed E-state index contributed by atoms with van der Waals surface area (Å²) in [6.07, 6.45) is 1.01. The van der Waals surface area contributed by atoms with Crippen molar-refractivity contribution < 1.29 is 9.53 Å². The third-order valence-electron chi connectivity index (χ3n) is 2.35. The minimum Gasteiger partial charge on any atom is -0.462 e. The normalized spacial score (nSPS) is 11.7. The fourth-order valence-electron chi connectivity index (χ4n) is 1.41. The lowest BCUT2D eigenvalue weighted by atomic mass is 10.2. The number of nitrogens with one attached hydrogen (secondary N) is 1. The predicted molar refractivity (Wildman–Crippen MR) is 76.8 cm³/mol. The van der Waals surface area contributed by atoms with Gasteiger partial charge in [0.15, 0.2) is 11.4 Å². The molecule has 6 nitrogen and oxygen atoms in total. The standard InChI is InChI=1S/C14H16N4O2/c1-3-20-14(19)12(8-15)13(17-9-16)18-11-6-4-10(2)5-7-11/h4-7,9,18H,3H2,1-2H3,(H2,16,17)/b13-12+. The number of benzene rings is 1. The van der Waals surface area contributed by atoms with Crippen molar-refractivity contribution >= 4 is 18.0 Å². The Bertz CT molecular complexity index is 568. The van der Waals surface area contributed by atoms with Crippen molar-refractivity contribution in [2.45, 2.75) is 13.8 Å². The molecule has 0 heterocycles. The quantitative estimate of drug-likeness (QED) is 0.279. The van der Waals surface area contributed by atoms with E-state index in [0.29, 0.717) is 5.69 Å². The summed E-state index contributed by atoms with van der Waals surface area (Å²) in [6.45, 7) is 3.79. The van der Waals surface area contributed by atoms with Crippen LogP contribution in [0.1, 0.15) is 12.5 Å². The molecule has 1 aromatic rings. The molecule has 0 amide bonds. The fourth-order valence-corrected chi connectivity index (χ4v) is 1.41. The maximum absolute atomic E-state index is 11.7. The highest BCUT2D eigenvalue weighted by Crippen LogP contribution is 2.15. The topological polar surface area (TPSA) is 100 Å². The van der Waals surface area contributed by atoms with Crippen LogP contribution < -0.4 is 11.1 Å². The average Bonchev–Trinajstić information content (AvgIpc) is 2.42. The molecule has 20 heavy (non-hydrogen) atoms. The number of nitriles is 1. The van der Waals surface area contributed by atoms with Crippen molar-refractivity contribution in [1.29, 1.82) is 5.26 Å². The highest BCUT2D eigenvalue weighted by atomic mass is 16.5. The molecule has 0 spiro atoms. The number of nitrogens with zero attached hydrogens (tertiary/aromatic N) is 2. The Kier molecular flexibility index (Phi) is 5.78. The predicted octanol–water partition coefficient (Wildman–Crippen LogP) is 1.69. The Morgan fingerprint density at radius 1 is 1.50 bits per heavy atom. The van der Waals surface area contributed by atoms with E-state index in [-0.39, 0.29) is 18.0 Å². The second-order valence-corrected chi connectivity index (χ2v) is 3.83. The second-order valence-electron chi connectivity index (χ2n) is 3.83. The van der Waals surface area contributed by atoms with E-state index in [0.717, 1.165) is 11.9 Å². The number of aliphatic imine (C=N–C) groups is 1. The van der Waals surface area contributed by atoms with Gasteiger partial charge < -0.3 is 15.8 Å². The first kappa shape index (κ1) is 15.2. The molecule has 0 aliphatic rings. The lowest BCUT2D eigenvalue weighted by molar-refractivity contribution is -0.138. The van der Waals surface area contributed by atoms with Crippen molar-refractivity contribution in [3.8, 4) is 6.07 Å². The maximum Gasteiger partial charge on any atom is 0.352 e. The summed E-state index contributed by atoms with van der Waals surface area (Å²) in [7, 11) is 0. The Morgan fingerprint density at radius 2 is 2.15 bits per heavy atom. The molecular weight excluding hydrogens is 256 g/mol. The van der Waals surface area contributed by atoms with Crippen LogP contribution in [0.3, 0.4) is 0 Å². The molecular formula is C14H16N4O2. The van der Waals surface area contributed by atoms with E-state index >= 15 is 0 Å². The molecule has 0 aromatic heterocycles. The number of rotatable bonds is 5. The van der Waals surface area contributed by atoms with Crippen LogP contribution in [0.5, 0.6) is 0 Å². The van der Waals surface area contributed by atoms with Crippen LogP contribution >= 0.6 is 0 Å². The number of carbonyl (C=O) groups is 1. The van der Waals surface area contributed by atoms with Gasteiger partial charge in [0.05, 0.1) is 12.9 Å². The summed E-state index contributed by atoms with van der Waals surface area (Å²) in [5.74, 6) is -0.687. The number of hydrogen-bond acceptors (Lipinski definition) is 5. The number of ether oxygens (including phenoxy) is 1. The lowest BCUT2D eigenvalue weighted by Crippen LogP contribution is -2.13. The molecule has 6 heteroatoms. The molecule has 1 aromatic carbocycles. The van der Waals surface area contributed by atoms with Gasteiger partial charge in [0, 0.05) is 5.69 Å². The van der Waals surface area contributed by atoms with E-state index in [1.807, 2.05) is 31.2 Å². The average molecular weight is 272 g/mol. The van der Waals surface area contributed by atoms with E-state index < -0.39 is 5.97 Å². The van der Waals surface area contributed by atoms with Crippen molar-refractivity contribution in [2.75, 3.05) is 11.9 Å². The van der Waals surface area contributed by atoms with E-state index in [2.05, 4.69) is 10.3 Å². The smallest absolute Gasteiger partial charge is 0.352 e. The van der Waals surface area contributed by atoms with E-state index in [1.165, 1.54) is 0 Å². The van der Waals surface area contributed by atoms with Gasteiger partial charge in [0.1, 0.15) is 6.07 Å². The Morgan fingerprint density at radius 3 is 2.65 bits per heavy atom. The molecule has 0 fully saturated rings. The van der Waals surface area contributed by atoms with Crippen molar-refractivity contribution in [2.24, 2.45) is 10.7 Å². The third kappa shape index (κ3) is 4.14. The largest absolute Gasteiger partial charge is 0.462 e. The highest BCUT2D eigenvalue weighted by molar-refractivity contribution is 5.94. The first-order chi connectivity index (χ1) is 9.62. The van der Waals surface area contributed by atoms with Crippen molar-refractivity contribution in [3.05, 3.63) is 41.2 Å². The van der Waals surface area contributed by atoms with Crippen LogP contribution in [0.2, 0.25) is 0 Å². The summed E-state index contributed by atoms with van der Waals surface area (Å²) in [6, 6.07) is 9.17. The Hall–Kier alpha value is -2.81. The molecule has 0 saturated heterocycles. The van der Waals surface area contributed by atoms with Crippen LogP contribution in [0.15, 0.2) is 40.7 Å². The number of anilines is 1. The van der Waals surface area contributed by atoms with Gasteiger partial charge in [-0.1, -0.05) is 17.7 Å². The van der Waals surface area contributed by atoms with Gasteiger partial charge in [-0.25, -0.2) is 9.79 Å². The third-order valence-corrected chi connectivity index (χ3v) is 2.35. The Labute approximate surface area is 117 Å². The van der Waals surface area contributed by atoms with Gasteiger partial charge in [-0.3, -0.25) is 0 Å². The van der Waals surface area contributed by atoms with Crippen LogP contribution in [-0.4, -0.2) is 18.9 Å². The van der Waals surface area contributed by atoms with Crippen molar-refractivity contribution in [3.63, 3.8) is 0 Å². The Balaban J connectivity index is 3.11. The molecule has 0 unspecified atom stereocenters. The van der Waals surface area contributed by atoms with E-state index in [9.17, 15) is 4.79 Å². The molecule has 3 N–H and O–H groups in total. The zero-order valence-electron chi connectivity index (χ0n) is 11.4. The van der Waals surface area contributed by atoms with Crippen molar-refractivity contribution in [1.82, 2.24) is 0 Å². The summed E-state index contributed by atoms with van der Waals surface area (Å²) in [4.78, 5) is 15.5. The number of nitrogens with two attached hydrogens (primary N) is 1. The minimum absolute atomic E-state index is 0.0531. The van der Waals surface area contributed by atoms with Gasteiger partial charge >= 0.3 is 5.97 Å². The summed E-state index contributed by atoms with van der Waals surface area (Å²) in [5.41, 5.74) is 6.80. The summed E-state index contributed by atoms with van der Waals surface area (Å²) in [5, 5.41) is 12.0. The van der Waals surface area contributed by atoms with Gasteiger partial charge in [0.25, 0.3) is 0 Å². The van der Waals surface area contributed by atoms with E-state index in [1.54, 1.807) is 13.0 Å². The molecule has 0 radical (unpaired) electrons. The van der Waals surface area contributed by atoms with Crippen LogP contribution in [0.25, 0.3) is 0 Å². The monoisotopic (exact) mass is 272 g/mol. The van der Waals surface area contributed by atoms with Gasteiger partial charge in [-0.05, 0) is 26.0 Å². The first-order valence-corrected chi connectivity index (χ1v) is 6.01. The minimum atomic E-state index is -0.741.